The molecule has 1 aliphatic rings. The summed E-state index contributed by atoms with van der Waals surface area (Å²) >= 11 is 1.65. The molecule has 0 spiro atoms. The fraction of sp³-hybridized carbons (Fsp3) is 0.316. The van der Waals surface area contributed by atoms with Crippen LogP contribution in [0.4, 0.5) is 5.82 Å². The maximum Gasteiger partial charge on any atom is 0.224 e. The number of ether oxygens (including phenoxy) is 1. The highest BCUT2D eigenvalue weighted by Crippen LogP contribution is 2.30. The summed E-state index contributed by atoms with van der Waals surface area (Å²) in [4.78, 5) is 23.1. The van der Waals surface area contributed by atoms with Gasteiger partial charge in [0.15, 0.2) is 0 Å². The van der Waals surface area contributed by atoms with Crippen molar-refractivity contribution < 1.29 is 9.53 Å². The molecule has 3 heterocycles. The number of hydrogen-bond acceptors (Lipinski definition) is 6. The average molecular weight is 368 g/mol. The Balaban J connectivity index is 1.29. The molecule has 1 amide bonds. The molecule has 3 aromatic rings. The number of carbonyl (C=O) groups is 1. The Morgan fingerprint density at radius 1 is 1.27 bits per heavy atom. The Kier molecular flexibility index (Phi) is 4.71. The van der Waals surface area contributed by atoms with Gasteiger partial charge in [-0.05, 0) is 36.1 Å². The molecule has 1 aromatic carbocycles. The van der Waals surface area contributed by atoms with Gasteiger partial charge in [0.2, 0.25) is 5.91 Å². The molecule has 1 saturated heterocycles. The van der Waals surface area contributed by atoms with E-state index in [9.17, 15) is 4.79 Å². The summed E-state index contributed by atoms with van der Waals surface area (Å²) in [6.45, 7) is 4.15. The number of hydrogen-bond donors (Lipinski definition) is 1. The summed E-state index contributed by atoms with van der Waals surface area (Å²) in [6, 6.07) is 9.84. The lowest BCUT2D eigenvalue weighted by molar-refractivity contribution is -0.121. The van der Waals surface area contributed by atoms with Crippen molar-refractivity contribution in [2.45, 2.75) is 19.4 Å². The molecular weight excluding hydrogens is 348 g/mol. The van der Waals surface area contributed by atoms with Crippen LogP contribution in [0.3, 0.4) is 0 Å². The van der Waals surface area contributed by atoms with E-state index in [1.807, 2.05) is 42.6 Å². The van der Waals surface area contributed by atoms with Crippen LogP contribution >= 0.6 is 11.3 Å². The molecule has 1 fully saturated rings. The molecule has 0 radical (unpaired) electrons. The summed E-state index contributed by atoms with van der Waals surface area (Å²) in [7, 11) is 0. The number of rotatable bonds is 6. The minimum Gasteiger partial charge on any atom is -0.494 e. The number of nitrogens with one attached hydrogen (secondary N) is 1. The molecule has 0 unspecified atom stereocenters. The monoisotopic (exact) mass is 368 g/mol. The van der Waals surface area contributed by atoms with Gasteiger partial charge in [0.05, 0.1) is 29.3 Å². The van der Waals surface area contributed by atoms with Crippen LogP contribution in [0.1, 0.15) is 12.5 Å². The third kappa shape index (κ3) is 3.48. The molecule has 4 rings (SSSR count). The molecule has 134 valence electrons. The van der Waals surface area contributed by atoms with Crippen molar-refractivity contribution in [3.8, 4) is 5.75 Å². The van der Waals surface area contributed by atoms with E-state index in [1.54, 1.807) is 17.7 Å². The predicted molar refractivity (Wildman–Crippen MR) is 103 cm³/mol. The van der Waals surface area contributed by atoms with Crippen molar-refractivity contribution in [3.63, 3.8) is 0 Å². The first-order valence-corrected chi connectivity index (χ1v) is 9.55. The normalized spacial score (nSPS) is 14.3. The van der Waals surface area contributed by atoms with Gasteiger partial charge >= 0.3 is 0 Å². The second-order valence-corrected chi connectivity index (χ2v) is 7.17. The van der Waals surface area contributed by atoms with Gasteiger partial charge in [-0.1, -0.05) is 12.1 Å². The number of aromatic nitrogens is 2. The fourth-order valence-corrected chi connectivity index (χ4v) is 3.94. The number of benzene rings is 1. The van der Waals surface area contributed by atoms with Gasteiger partial charge in [-0.15, -0.1) is 11.3 Å². The van der Waals surface area contributed by atoms with Gasteiger partial charge in [0.25, 0.3) is 0 Å². The number of carbonyl (C=O) groups excluding carboxylic acids is 1. The zero-order chi connectivity index (χ0) is 17.9. The second-order valence-electron chi connectivity index (χ2n) is 6.26. The minimum absolute atomic E-state index is 0.0442. The van der Waals surface area contributed by atoms with Crippen molar-refractivity contribution in [1.29, 1.82) is 0 Å². The quantitative estimate of drug-likeness (QED) is 0.724. The Labute approximate surface area is 155 Å². The molecule has 0 bridgehead atoms. The molecule has 1 aliphatic heterocycles. The zero-order valence-electron chi connectivity index (χ0n) is 14.5. The van der Waals surface area contributed by atoms with Crippen molar-refractivity contribution in [3.05, 3.63) is 47.6 Å². The molecule has 0 saturated carbocycles. The highest BCUT2D eigenvalue weighted by molar-refractivity contribution is 7.17. The Bertz CT molecular complexity index is 903. The number of amides is 1. The third-order valence-corrected chi connectivity index (χ3v) is 5.27. The number of nitrogens with zero attached hydrogens (tertiary/aromatic N) is 3. The maximum absolute atomic E-state index is 12.3. The number of anilines is 1. The van der Waals surface area contributed by atoms with E-state index in [1.165, 1.54) is 0 Å². The van der Waals surface area contributed by atoms with E-state index in [2.05, 4.69) is 20.2 Å². The van der Waals surface area contributed by atoms with Crippen LogP contribution in [0.25, 0.3) is 10.2 Å². The van der Waals surface area contributed by atoms with Crippen molar-refractivity contribution in [2.75, 3.05) is 24.6 Å². The highest BCUT2D eigenvalue weighted by Gasteiger charge is 2.30. The minimum atomic E-state index is 0.0442. The molecular formula is C19H20N4O2S. The Hall–Kier alpha value is -2.67. The second kappa shape index (κ2) is 7.29. The van der Waals surface area contributed by atoms with Crippen molar-refractivity contribution >= 4 is 33.3 Å². The number of thiophene rings is 1. The lowest BCUT2D eigenvalue weighted by Gasteiger charge is -2.40. The van der Waals surface area contributed by atoms with E-state index in [0.29, 0.717) is 13.0 Å². The van der Waals surface area contributed by atoms with Crippen LogP contribution in [0.2, 0.25) is 0 Å². The van der Waals surface area contributed by atoms with Crippen LogP contribution in [-0.2, 0) is 11.2 Å². The fourth-order valence-electron chi connectivity index (χ4n) is 3.08. The largest absolute Gasteiger partial charge is 0.494 e. The van der Waals surface area contributed by atoms with Crippen LogP contribution in [0, 0.1) is 0 Å². The van der Waals surface area contributed by atoms with Gasteiger partial charge < -0.3 is 15.0 Å². The summed E-state index contributed by atoms with van der Waals surface area (Å²) in [6.07, 6.45) is 1.98. The van der Waals surface area contributed by atoms with Gasteiger partial charge in [0.1, 0.15) is 17.9 Å². The van der Waals surface area contributed by atoms with Gasteiger partial charge in [0, 0.05) is 13.1 Å². The summed E-state index contributed by atoms with van der Waals surface area (Å²) in [5, 5.41) is 5.12. The lowest BCUT2D eigenvalue weighted by Crippen LogP contribution is -2.60. The van der Waals surface area contributed by atoms with Gasteiger partial charge in [-0.3, -0.25) is 4.79 Å². The molecule has 0 aliphatic carbocycles. The van der Waals surface area contributed by atoms with Crippen LogP contribution in [0.5, 0.6) is 5.75 Å². The van der Waals surface area contributed by atoms with Gasteiger partial charge in [-0.2, -0.15) is 0 Å². The molecule has 6 nitrogen and oxygen atoms in total. The predicted octanol–water partition coefficient (Wildman–Crippen LogP) is 2.64. The van der Waals surface area contributed by atoms with Crippen molar-refractivity contribution in [1.82, 2.24) is 15.3 Å². The Morgan fingerprint density at radius 3 is 2.85 bits per heavy atom. The summed E-state index contributed by atoms with van der Waals surface area (Å²) in [5.41, 5.74) is 1.96. The molecule has 0 atom stereocenters. The van der Waals surface area contributed by atoms with Gasteiger partial charge in [-0.25, -0.2) is 9.97 Å². The molecule has 26 heavy (non-hydrogen) atoms. The topological polar surface area (TPSA) is 67.3 Å². The van der Waals surface area contributed by atoms with Crippen LogP contribution in [0.15, 0.2) is 42.0 Å². The Morgan fingerprint density at radius 2 is 2.08 bits per heavy atom. The maximum atomic E-state index is 12.3. The van der Waals surface area contributed by atoms with E-state index < -0.39 is 0 Å². The van der Waals surface area contributed by atoms with E-state index in [-0.39, 0.29) is 11.9 Å². The average Bonchev–Trinajstić information content (AvgIpc) is 3.09. The first kappa shape index (κ1) is 16.8. The molecule has 1 N–H and O–H groups in total. The van der Waals surface area contributed by atoms with Crippen LogP contribution < -0.4 is 15.0 Å². The smallest absolute Gasteiger partial charge is 0.224 e. The zero-order valence-corrected chi connectivity index (χ0v) is 15.3. The van der Waals surface area contributed by atoms with Crippen LogP contribution in [-0.4, -0.2) is 41.6 Å². The molecule has 7 heteroatoms. The highest BCUT2D eigenvalue weighted by atomic mass is 32.1. The lowest BCUT2D eigenvalue weighted by atomic mass is 10.1. The van der Waals surface area contributed by atoms with E-state index >= 15 is 0 Å². The third-order valence-electron chi connectivity index (χ3n) is 4.37. The van der Waals surface area contributed by atoms with E-state index in [4.69, 9.17) is 4.74 Å². The first-order valence-electron chi connectivity index (χ1n) is 8.67. The standard InChI is InChI=1S/C19H20N4O2S/c1-2-25-15-5-3-13(4-6-15)9-17(24)22-14-10-23(11-14)19-18-16(7-8-26-18)20-12-21-19/h3-8,12,14H,2,9-11H2,1H3,(H,22,24). The summed E-state index contributed by atoms with van der Waals surface area (Å²) in [5.74, 6) is 1.83. The van der Waals surface area contributed by atoms with E-state index in [0.717, 1.165) is 40.4 Å². The number of fused-ring (bicyclic) bond motifs is 1. The molecule has 2 aromatic heterocycles. The SMILES string of the molecule is CCOc1ccc(CC(=O)NC2CN(c3ncnc4ccsc34)C2)cc1. The van der Waals surface area contributed by atoms with Crippen molar-refractivity contribution in [2.24, 2.45) is 0 Å². The first-order chi connectivity index (χ1) is 12.7. The summed E-state index contributed by atoms with van der Waals surface area (Å²) < 4.78 is 6.52.